The van der Waals surface area contributed by atoms with Crippen molar-refractivity contribution < 1.29 is 13.2 Å². The van der Waals surface area contributed by atoms with E-state index in [1.54, 1.807) is 18.2 Å². The van der Waals surface area contributed by atoms with Crippen LogP contribution in [-0.4, -0.2) is 26.3 Å². The Kier molecular flexibility index (Phi) is 3.87. The van der Waals surface area contributed by atoms with Crippen molar-refractivity contribution in [1.82, 2.24) is 0 Å². The molecule has 0 bridgehead atoms. The van der Waals surface area contributed by atoms with E-state index in [-0.39, 0.29) is 0 Å². The Morgan fingerprint density at radius 3 is 2.67 bits per heavy atom. The lowest BCUT2D eigenvalue weighted by Gasteiger charge is -2.04. The van der Waals surface area contributed by atoms with Crippen LogP contribution >= 0.6 is 15.9 Å². The number of benzene rings is 1. The maximum atomic E-state index is 11.2. The molecule has 6 heteroatoms. The van der Waals surface area contributed by atoms with Crippen LogP contribution in [0.4, 0.5) is 5.69 Å². The Morgan fingerprint density at radius 1 is 1.47 bits per heavy atom. The van der Waals surface area contributed by atoms with E-state index in [2.05, 4.69) is 21.2 Å². The molecule has 1 rings (SSSR count). The topological polar surface area (TPSA) is 63.2 Å². The second kappa shape index (κ2) is 4.76. The Morgan fingerprint density at radius 2 is 2.13 bits per heavy atom. The molecule has 0 aromatic heterocycles. The molecule has 0 radical (unpaired) electrons. The Bertz CT molecular complexity index is 470. The number of carbonyl (C=O) groups excluding carboxylic acids is 1. The summed E-state index contributed by atoms with van der Waals surface area (Å²) >= 11 is 3.24. The molecule has 82 valence electrons. The number of rotatable bonds is 3. The quantitative estimate of drug-likeness (QED) is 0.916. The fourth-order valence-corrected chi connectivity index (χ4v) is 1.95. The van der Waals surface area contributed by atoms with Crippen LogP contribution in [0.5, 0.6) is 0 Å². The first-order valence-electron chi connectivity index (χ1n) is 4.10. The first-order valence-corrected chi connectivity index (χ1v) is 6.95. The Hall–Kier alpha value is -0.880. The molecule has 0 saturated carbocycles. The summed E-state index contributed by atoms with van der Waals surface area (Å²) in [5.41, 5.74) is 0.568. The van der Waals surface area contributed by atoms with Gasteiger partial charge in [-0.2, -0.15) is 0 Å². The molecule has 0 aliphatic carbocycles. The number of amides is 1. The third-order valence-corrected chi connectivity index (χ3v) is 2.78. The minimum Gasteiger partial charge on any atom is -0.325 e. The fraction of sp³-hybridized carbons (Fsp3) is 0.222. The molecule has 1 N–H and O–H groups in total. The molecule has 0 heterocycles. The molecular weight excluding hydrogens is 282 g/mol. The van der Waals surface area contributed by atoms with Crippen molar-refractivity contribution in [2.24, 2.45) is 0 Å². The maximum absolute atomic E-state index is 11.2. The number of anilines is 1. The molecule has 0 spiro atoms. The van der Waals surface area contributed by atoms with Crippen LogP contribution in [0.25, 0.3) is 0 Å². The Balaban J connectivity index is 2.67. The summed E-state index contributed by atoms with van der Waals surface area (Å²) in [5.74, 6) is -1.03. The molecule has 1 aromatic carbocycles. The molecule has 4 nitrogen and oxygen atoms in total. The van der Waals surface area contributed by atoms with E-state index in [0.717, 1.165) is 10.7 Å². The summed E-state index contributed by atoms with van der Waals surface area (Å²) < 4.78 is 22.5. The zero-order chi connectivity index (χ0) is 11.5. The van der Waals surface area contributed by atoms with Crippen molar-refractivity contribution in [3.05, 3.63) is 28.7 Å². The number of nitrogens with one attached hydrogen (secondary N) is 1. The number of hydrogen-bond acceptors (Lipinski definition) is 3. The lowest BCUT2D eigenvalue weighted by Crippen LogP contribution is -2.21. The molecular formula is C9H10BrNO3S. The molecule has 0 atom stereocenters. The van der Waals surface area contributed by atoms with Crippen LogP contribution in [0.3, 0.4) is 0 Å². The normalized spacial score (nSPS) is 11.1. The van der Waals surface area contributed by atoms with E-state index in [9.17, 15) is 13.2 Å². The average molecular weight is 292 g/mol. The van der Waals surface area contributed by atoms with Gasteiger partial charge >= 0.3 is 0 Å². The van der Waals surface area contributed by atoms with E-state index < -0.39 is 21.5 Å². The van der Waals surface area contributed by atoms with Crippen molar-refractivity contribution >= 4 is 37.4 Å². The molecule has 0 fully saturated rings. The highest BCUT2D eigenvalue weighted by molar-refractivity contribution is 9.10. The highest BCUT2D eigenvalue weighted by atomic mass is 79.9. The minimum absolute atomic E-state index is 0.500. The summed E-state index contributed by atoms with van der Waals surface area (Å²) in [6, 6.07) is 6.94. The predicted molar refractivity (Wildman–Crippen MR) is 62.5 cm³/mol. The van der Waals surface area contributed by atoms with Crippen molar-refractivity contribution in [2.75, 3.05) is 17.3 Å². The molecule has 15 heavy (non-hydrogen) atoms. The maximum Gasteiger partial charge on any atom is 0.239 e. The van der Waals surface area contributed by atoms with Gasteiger partial charge in [0, 0.05) is 16.4 Å². The first kappa shape index (κ1) is 12.2. The van der Waals surface area contributed by atoms with E-state index in [0.29, 0.717) is 5.69 Å². The van der Waals surface area contributed by atoms with Crippen LogP contribution in [0.2, 0.25) is 0 Å². The van der Waals surface area contributed by atoms with Crippen LogP contribution in [0.15, 0.2) is 28.7 Å². The predicted octanol–water partition coefficient (Wildman–Crippen LogP) is 1.43. The summed E-state index contributed by atoms with van der Waals surface area (Å²) in [4.78, 5) is 11.2. The monoisotopic (exact) mass is 291 g/mol. The third-order valence-electron chi connectivity index (χ3n) is 1.50. The Labute approximate surface area is 96.7 Å². The fourth-order valence-electron chi connectivity index (χ4n) is 1.00. The van der Waals surface area contributed by atoms with E-state index >= 15 is 0 Å². The molecule has 1 aromatic rings. The second-order valence-corrected chi connectivity index (χ2v) is 6.18. The minimum atomic E-state index is -3.28. The van der Waals surface area contributed by atoms with E-state index in [1.807, 2.05) is 6.07 Å². The van der Waals surface area contributed by atoms with Gasteiger partial charge in [0.05, 0.1) is 0 Å². The van der Waals surface area contributed by atoms with Crippen molar-refractivity contribution in [3.63, 3.8) is 0 Å². The van der Waals surface area contributed by atoms with Crippen molar-refractivity contribution in [2.45, 2.75) is 0 Å². The lowest BCUT2D eigenvalue weighted by molar-refractivity contribution is -0.113. The van der Waals surface area contributed by atoms with Gasteiger partial charge in [-0.05, 0) is 18.2 Å². The zero-order valence-electron chi connectivity index (χ0n) is 8.03. The second-order valence-electron chi connectivity index (χ2n) is 3.13. The number of sulfone groups is 1. The third kappa shape index (κ3) is 4.94. The summed E-state index contributed by atoms with van der Waals surface area (Å²) in [6.07, 6.45) is 1.02. The summed E-state index contributed by atoms with van der Waals surface area (Å²) in [5, 5.41) is 2.49. The largest absolute Gasteiger partial charge is 0.325 e. The van der Waals surface area contributed by atoms with Crippen molar-refractivity contribution in [1.29, 1.82) is 0 Å². The van der Waals surface area contributed by atoms with Gasteiger partial charge in [0.1, 0.15) is 5.75 Å². The molecule has 0 aliphatic rings. The molecule has 0 aliphatic heterocycles. The van der Waals surface area contributed by atoms with Crippen LogP contribution in [0, 0.1) is 0 Å². The van der Waals surface area contributed by atoms with Gasteiger partial charge in [0.15, 0.2) is 9.84 Å². The van der Waals surface area contributed by atoms with Gasteiger partial charge in [0.25, 0.3) is 0 Å². The van der Waals surface area contributed by atoms with Gasteiger partial charge in [-0.3, -0.25) is 4.79 Å². The highest BCUT2D eigenvalue weighted by Crippen LogP contribution is 2.15. The number of carbonyl (C=O) groups is 1. The number of hydrogen-bond donors (Lipinski definition) is 1. The van der Waals surface area contributed by atoms with Crippen LogP contribution in [-0.2, 0) is 14.6 Å². The SMILES string of the molecule is CS(=O)(=O)CC(=O)Nc1cccc(Br)c1. The van der Waals surface area contributed by atoms with Gasteiger partial charge in [0.2, 0.25) is 5.91 Å². The smallest absolute Gasteiger partial charge is 0.239 e. The van der Waals surface area contributed by atoms with Gasteiger partial charge in [-0.1, -0.05) is 22.0 Å². The van der Waals surface area contributed by atoms with E-state index in [4.69, 9.17) is 0 Å². The molecule has 0 saturated heterocycles. The molecule has 0 unspecified atom stereocenters. The standard InChI is InChI=1S/C9H10BrNO3S/c1-15(13,14)6-9(12)11-8-4-2-3-7(10)5-8/h2-5H,6H2,1H3,(H,11,12). The van der Waals surface area contributed by atoms with Crippen LogP contribution < -0.4 is 5.32 Å². The lowest BCUT2D eigenvalue weighted by atomic mass is 10.3. The van der Waals surface area contributed by atoms with Crippen LogP contribution in [0.1, 0.15) is 0 Å². The van der Waals surface area contributed by atoms with Gasteiger partial charge < -0.3 is 5.32 Å². The zero-order valence-corrected chi connectivity index (χ0v) is 10.4. The van der Waals surface area contributed by atoms with Crippen molar-refractivity contribution in [3.8, 4) is 0 Å². The highest BCUT2D eigenvalue weighted by Gasteiger charge is 2.10. The van der Waals surface area contributed by atoms with E-state index in [1.165, 1.54) is 0 Å². The average Bonchev–Trinajstić information content (AvgIpc) is 1.99. The number of halogens is 1. The van der Waals surface area contributed by atoms with Gasteiger partial charge in [-0.15, -0.1) is 0 Å². The molecule has 1 amide bonds. The first-order chi connectivity index (χ1) is 6.87. The summed E-state index contributed by atoms with van der Waals surface area (Å²) in [6.45, 7) is 0. The van der Waals surface area contributed by atoms with Gasteiger partial charge in [-0.25, -0.2) is 8.42 Å². The summed E-state index contributed by atoms with van der Waals surface area (Å²) in [7, 11) is -3.28.